The topological polar surface area (TPSA) is 76.7 Å². The molecule has 0 saturated carbocycles. The van der Waals surface area contributed by atoms with Crippen molar-refractivity contribution in [1.29, 1.82) is 0 Å². The van der Waals surface area contributed by atoms with Crippen LogP contribution >= 0.6 is 34.2 Å². The average Bonchev–Trinajstić information content (AvgIpc) is 2.59. The Hall–Kier alpha value is -2.00. The first-order valence-electron chi connectivity index (χ1n) is 6.80. The average molecular weight is 461 g/mol. The van der Waals surface area contributed by atoms with Gasteiger partial charge in [-0.1, -0.05) is 11.6 Å². The van der Waals surface area contributed by atoms with Crippen LogP contribution in [0.15, 0.2) is 42.5 Å². The van der Waals surface area contributed by atoms with Crippen molar-refractivity contribution >= 4 is 46.0 Å². The van der Waals surface area contributed by atoms with Gasteiger partial charge in [0, 0.05) is 10.6 Å². The number of amides is 2. The molecule has 0 spiro atoms. The van der Waals surface area contributed by atoms with Crippen LogP contribution in [-0.4, -0.2) is 25.5 Å². The van der Waals surface area contributed by atoms with Crippen molar-refractivity contribution in [2.45, 2.75) is 0 Å². The van der Waals surface area contributed by atoms with Gasteiger partial charge in [0.05, 0.1) is 10.7 Å². The van der Waals surface area contributed by atoms with Gasteiger partial charge in [0.25, 0.3) is 11.8 Å². The summed E-state index contributed by atoms with van der Waals surface area (Å²) in [5, 5.41) is 0.577. The lowest BCUT2D eigenvalue weighted by Crippen LogP contribution is -2.43. The summed E-state index contributed by atoms with van der Waals surface area (Å²) in [4.78, 5) is 23.7. The van der Waals surface area contributed by atoms with Gasteiger partial charge in [0.1, 0.15) is 11.5 Å². The molecule has 2 aromatic carbocycles. The van der Waals surface area contributed by atoms with E-state index < -0.39 is 11.8 Å². The Bertz CT molecular complexity index is 737. The number of benzene rings is 2. The van der Waals surface area contributed by atoms with Crippen molar-refractivity contribution in [2.75, 3.05) is 13.7 Å². The number of nitrogens with one attached hydrogen (secondary N) is 2. The van der Waals surface area contributed by atoms with Crippen LogP contribution < -0.4 is 20.3 Å². The van der Waals surface area contributed by atoms with Gasteiger partial charge in [0.2, 0.25) is 0 Å². The number of ether oxygens (including phenoxy) is 2. The monoisotopic (exact) mass is 460 g/mol. The minimum absolute atomic E-state index is 0.234. The molecule has 0 aliphatic rings. The van der Waals surface area contributed by atoms with E-state index in [0.717, 1.165) is 3.57 Å². The van der Waals surface area contributed by atoms with Crippen molar-refractivity contribution in [1.82, 2.24) is 10.9 Å². The molecule has 0 unspecified atom stereocenters. The fraction of sp³-hybridized carbons (Fsp3) is 0.125. The lowest BCUT2D eigenvalue weighted by molar-refractivity contribution is -0.123. The summed E-state index contributed by atoms with van der Waals surface area (Å²) in [6.07, 6.45) is 0. The molecule has 0 saturated heterocycles. The standard InChI is InChI=1S/C16H14ClIN2O4/c1-23-14-7-2-10(8-13(14)18)16(22)20-19-15(21)9-24-12-5-3-11(17)4-6-12/h2-8H,9H2,1H3,(H,19,21)(H,20,22). The predicted octanol–water partition coefficient (Wildman–Crippen LogP) is 2.79. The number of hydrogen-bond donors (Lipinski definition) is 2. The van der Waals surface area contributed by atoms with Crippen LogP contribution in [0, 0.1) is 3.57 Å². The Morgan fingerprint density at radius 2 is 1.83 bits per heavy atom. The second-order valence-electron chi connectivity index (χ2n) is 4.59. The maximum atomic E-state index is 12.0. The van der Waals surface area contributed by atoms with E-state index in [1.54, 1.807) is 49.6 Å². The fourth-order valence-corrected chi connectivity index (χ4v) is 2.58. The number of hydrazine groups is 1. The lowest BCUT2D eigenvalue weighted by Gasteiger charge is -2.10. The van der Waals surface area contributed by atoms with Crippen LogP contribution in [0.2, 0.25) is 5.02 Å². The van der Waals surface area contributed by atoms with Gasteiger partial charge >= 0.3 is 0 Å². The molecule has 8 heteroatoms. The first-order valence-corrected chi connectivity index (χ1v) is 8.26. The van der Waals surface area contributed by atoms with E-state index in [4.69, 9.17) is 21.1 Å². The molecule has 0 radical (unpaired) electrons. The number of carbonyl (C=O) groups is 2. The third kappa shape index (κ3) is 5.27. The normalized spacial score (nSPS) is 9.96. The SMILES string of the molecule is COc1ccc(C(=O)NNC(=O)COc2ccc(Cl)cc2)cc1I. The molecule has 6 nitrogen and oxygen atoms in total. The summed E-state index contributed by atoms with van der Waals surface area (Å²) < 4.78 is 11.2. The summed E-state index contributed by atoms with van der Waals surface area (Å²) in [7, 11) is 1.55. The number of methoxy groups -OCH3 is 1. The van der Waals surface area contributed by atoms with Gasteiger partial charge in [-0.25, -0.2) is 0 Å². The molecule has 126 valence electrons. The summed E-state index contributed by atoms with van der Waals surface area (Å²) in [6.45, 7) is -0.234. The molecule has 0 fully saturated rings. The van der Waals surface area contributed by atoms with Crippen molar-refractivity contribution in [2.24, 2.45) is 0 Å². The molecule has 2 rings (SSSR count). The molecular weight excluding hydrogens is 447 g/mol. The van der Waals surface area contributed by atoms with Crippen molar-refractivity contribution in [3.63, 3.8) is 0 Å². The Kier molecular flexibility index (Phi) is 6.68. The lowest BCUT2D eigenvalue weighted by atomic mass is 10.2. The second kappa shape index (κ2) is 8.74. The third-order valence-corrected chi connectivity index (χ3v) is 4.01. The summed E-state index contributed by atoms with van der Waals surface area (Å²) in [5.74, 6) is 0.259. The van der Waals surface area contributed by atoms with E-state index in [-0.39, 0.29) is 6.61 Å². The van der Waals surface area contributed by atoms with Crippen LogP contribution in [0.25, 0.3) is 0 Å². The largest absolute Gasteiger partial charge is 0.496 e. The van der Waals surface area contributed by atoms with Crippen LogP contribution in [0.4, 0.5) is 0 Å². The summed E-state index contributed by atoms with van der Waals surface area (Å²) in [5.41, 5.74) is 5.01. The maximum Gasteiger partial charge on any atom is 0.276 e. The van der Waals surface area contributed by atoms with Gasteiger partial charge in [-0.15, -0.1) is 0 Å². The van der Waals surface area contributed by atoms with Gasteiger partial charge in [-0.3, -0.25) is 20.4 Å². The third-order valence-electron chi connectivity index (χ3n) is 2.91. The number of hydrogen-bond acceptors (Lipinski definition) is 4. The van der Waals surface area contributed by atoms with Crippen LogP contribution in [0.1, 0.15) is 10.4 Å². The highest BCUT2D eigenvalue weighted by molar-refractivity contribution is 14.1. The fourth-order valence-electron chi connectivity index (χ4n) is 1.72. The highest BCUT2D eigenvalue weighted by atomic mass is 127. The van der Waals surface area contributed by atoms with Gasteiger partial charge in [-0.05, 0) is 65.1 Å². The Labute approximate surface area is 157 Å². The summed E-state index contributed by atoms with van der Waals surface area (Å²) >= 11 is 7.82. The summed E-state index contributed by atoms with van der Waals surface area (Å²) in [6, 6.07) is 11.5. The van der Waals surface area contributed by atoms with Crippen LogP contribution in [0.3, 0.4) is 0 Å². The molecule has 0 aromatic heterocycles. The molecule has 2 amide bonds. The molecule has 2 aromatic rings. The van der Waals surface area contributed by atoms with Crippen LogP contribution in [-0.2, 0) is 4.79 Å². The van der Waals surface area contributed by atoms with Crippen molar-refractivity contribution in [3.8, 4) is 11.5 Å². The van der Waals surface area contributed by atoms with E-state index >= 15 is 0 Å². The minimum atomic E-state index is -0.485. The highest BCUT2D eigenvalue weighted by Crippen LogP contribution is 2.21. The number of rotatable bonds is 5. The zero-order valence-electron chi connectivity index (χ0n) is 12.6. The molecular formula is C16H14ClIN2O4. The molecule has 0 heterocycles. The van der Waals surface area contributed by atoms with Crippen LogP contribution in [0.5, 0.6) is 11.5 Å². The zero-order chi connectivity index (χ0) is 17.5. The Morgan fingerprint density at radius 3 is 2.46 bits per heavy atom. The van der Waals surface area contributed by atoms with Crippen molar-refractivity contribution in [3.05, 3.63) is 56.6 Å². The van der Waals surface area contributed by atoms with E-state index in [1.807, 2.05) is 0 Å². The molecule has 0 aliphatic carbocycles. The van der Waals surface area contributed by atoms with Gasteiger partial charge in [0.15, 0.2) is 6.61 Å². The molecule has 0 aliphatic heterocycles. The Balaban J connectivity index is 1.81. The minimum Gasteiger partial charge on any atom is -0.496 e. The first kappa shape index (κ1) is 18.3. The van der Waals surface area contributed by atoms with Gasteiger partial charge in [-0.2, -0.15) is 0 Å². The van der Waals surface area contributed by atoms with E-state index in [1.165, 1.54) is 0 Å². The number of carbonyl (C=O) groups excluding carboxylic acids is 2. The number of halogens is 2. The van der Waals surface area contributed by atoms with E-state index in [0.29, 0.717) is 22.1 Å². The maximum absolute atomic E-state index is 12.0. The van der Waals surface area contributed by atoms with E-state index in [2.05, 4.69) is 33.4 Å². The predicted molar refractivity (Wildman–Crippen MR) is 98.3 cm³/mol. The highest BCUT2D eigenvalue weighted by Gasteiger charge is 2.10. The Morgan fingerprint density at radius 1 is 1.12 bits per heavy atom. The molecule has 0 bridgehead atoms. The molecule has 0 atom stereocenters. The smallest absolute Gasteiger partial charge is 0.276 e. The van der Waals surface area contributed by atoms with Crippen molar-refractivity contribution < 1.29 is 19.1 Å². The van der Waals surface area contributed by atoms with E-state index in [9.17, 15) is 9.59 Å². The molecule has 2 N–H and O–H groups in total. The van der Waals surface area contributed by atoms with Gasteiger partial charge < -0.3 is 9.47 Å². The zero-order valence-corrected chi connectivity index (χ0v) is 15.6. The quantitative estimate of drug-likeness (QED) is 0.531. The second-order valence-corrected chi connectivity index (χ2v) is 6.19. The molecule has 24 heavy (non-hydrogen) atoms. The first-order chi connectivity index (χ1) is 11.5.